The van der Waals surface area contributed by atoms with Crippen LogP contribution in [0.3, 0.4) is 0 Å². The summed E-state index contributed by atoms with van der Waals surface area (Å²) in [4.78, 5) is 0. The summed E-state index contributed by atoms with van der Waals surface area (Å²) in [6, 6.07) is 11.1. The molecule has 0 aliphatic carbocycles. The first-order valence-corrected chi connectivity index (χ1v) is 9.19. The van der Waals surface area contributed by atoms with Gasteiger partial charge < -0.3 is 4.55 Å². The van der Waals surface area contributed by atoms with Crippen molar-refractivity contribution in [3.05, 3.63) is 67.3 Å². The monoisotopic (exact) mass is 430 g/mol. The number of rotatable bonds is 3. The highest BCUT2D eigenvalue weighted by Crippen LogP contribution is 1.95. The van der Waals surface area contributed by atoms with Crippen molar-refractivity contribution in [2.75, 3.05) is 6.01 Å². The van der Waals surface area contributed by atoms with E-state index in [0.29, 0.717) is 0 Å². The topological polar surface area (TPSA) is 57.2 Å². The molecule has 114 valence electrons. The van der Waals surface area contributed by atoms with E-state index in [4.69, 9.17) is 13.0 Å². The Hall–Kier alpha value is -1.13. The molecule has 0 N–H and O–H groups in total. The van der Waals surface area contributed by atoms with E-state index in [2.05, 4.69) is 0 Å². The van der Waals surface area contributed by atoms with E-state index in [1.54, 1.807) is 24.3 Å². The Morgan fingerprint density at radius 3 is 1.38 bits per heavy atom. The van der Waals surface area contributed by atoms with Crippen molar-refractivity contribution in [3.63, 3.8) is 0 Å². The minimum Gasteiger partial charge on any atom is -0.746 e. The van der Waals surface area contributed by atoms with Crippen molar-refractivity contribution in [3.8, 4) is 0 Å². The van der Waals surface area contributed by atoms with Crippen molar-refractivity contribution in [2.24, 2.45) is 0 Å². The lowest BCUT2D eigenvalue weighted by Gasteiger charge is -1.94. The smallest absolute Gasteiger partial charge is 0.357 e. The van der Waals surface area contributed by atoms with Gasteiger partial charge in [-0.1, -0.05) is 0 Å². The largest absolute Gasteiger partial charge is 0.746 e. The summed E-state index contributed by atoms with van der Waals surface area (Å²) in [5, 5.41) is 0. The molecule has 0 fully saturated rings. The van der Waals surface area contributed by atoms with Gasteiger partial charge in [0.25, 0.3) is 0 Å². The number of benzene rings is 2. The molecule has 2 aromatic rings. The second-order valence-corrected chi connectivity index (χ2v) is 8.00. The van der Waals surface area contributed by atoms with Crippen molar-refractivity contribution >= 4 is 10.1 Å². The molecule has 2 rings (SSSR count). The number of alkyl halides is 1. The van der Waals surface area contributed by atoms with Crippen molar-refractivity contribution < 1.29 is 47.3 Å². The quantitative estimate of drug-likeness (QED) is 0.490. The van der Waals surface area contributed by atoms with Gasteiger partial charge in [-0.3, -0.25) is 0 Å². The van der Waals surface area contributed by atoms with E-state index in [-0.39, 0.29) is 32.8 Å². The molecule has 0 atom stereocenters. The number of halogens is 4. The van der Waals surface area contributed by atoms with Crippen LogP contribution in [0.1, 0.15) is 0 Å². The molecule has 21 heavy (non-hydrogen) atoms. The summed E-state index contributed by atoms with van der Waals surface area (Å²) in [5.41, 5.74) is 0. The van der Waals surface area contributed by atoms with Crippen molar-refractivity contribution in [2.45, 2.75) is 0 Å². The fourth-order valence-electron chi connectivity index (χ4n) is 1.11. The third-order valence-corrected chi connectivity index (χ3v) is 4.91. The van der Waals surface area contributed by atoms with Crippen LogP contribution in [0.5, 0.6) is 0 Å². The van der Waals surface area contributed by atoms with E-state index in [1.807, 2.05) is 0 Å². The van der Waals surface area contributed by atoms with Gasteiger partial charge in [0.15, 0.2) is 13.1 Å². The molecule has 0 aromatic heterocycles. The van der Waals surface area contributed by atoms with Crippen LogP contribution in [-0.4, -0.2) is 19.0 Å². The zero-order valence-corrected chi connectivity index (χ0v) is 13.4. The van der Waals surface area contributed by atoms with Gasteiger partial charge in [0, 0.05) is 0 Å². The lowest BCUT2D eigenvalue weighted by molar-refractivity contribution is -0.597. The van der Waals surface area contributed by atoms with E-state index < -0.39 is 16.1 Å². The molecule has 0 saturated carbocycles. The summed E-state index contributed by atoms with van der Waals surface area (Å²) < 4.78 is 65.3. The minimum absolute atomic E-state index is 0.220. The standard InChI is InChI=1S/C12H8F2I.CH3FO3S/c13-9-1-5-11(6-2-9)15-12-7-3-10(14)4-8-12;2-1-6(3,4)5/h1-8H;1H2,(H,3,4,5)/q+1;/p-1. The van der Waals surface area contributed by atoms with Gasteiger partial charge in [0.1, 0.15) is 21.8 Å². The van der Waals surface area contributed by atoms with Gasteiger partial charge in [-0.25, -0.2) is 21.6 Å². The fourth-order valence-corrected chi connectivity index (χ4v) is 3.27. The molecule has 0 spiro atoms. The van der Waals surface area contributed by atoms with Crippen molar-refractivity contribution in [1.29, 1.82) is 0 Å². The van der Waals surface area contributed by atoms with Crippen LogP contribution in [0.2, 0.25) is 0 Å². The first-order valence-electron chi connectivity index (χ1n) is 5.45. The summed E-state index contributed by atoms with van der Waals surface area (Å²) >= 11 is -0.330. The van der Waals surface area contributed by atoms with E-state index in [1.165, 1.54) is 24.3 Å². The molecule has 3 nitrogen and oxygen atoms in total. The zero-order chi connectivity index (χ0) is 15.9. The molecule has 0 saturated heterocycles. The molecule has 0 radical (unpaired) electrons. The van der Waals surface area contributed by atoms with Crippen LogP contribution in [0.4, 0.5) is 13.2 Å². The van der Waals surface area contributed by atoms with Crippen LogP contribution in [0, 0.1) is 18.8 Å². The predicted molar refractivity (Wildman–Crippen MR) is 65.9 cm³/mol. The average Bonchev–Trinajstić information content (AvgIpc) is 2.44. The second kappa shape index (κ2) is 8.35. The normalized spacial score (nSPS) is 10.7. The maximum absolute atomic E-state index is 12.6. The van der Waals surface area contributed by atoms with E-state index >= 15 is 0 Å². The van der Waals surface area contributed by atoms with E-state index in [9.17, 15) is 13.2 Å². The van der Waals surface area contributed by atoms with Crippen LogP contribution in [0.15, 0.2) is 48.5 Å². The van der Waals surface area contributed by atoms with Gasteiger partial charge >= 0.3 is 21.2 Å². The van der Waals surface area contributed by atoms with Crippen LogP contribution in [-0.2, 0) is 10.1 Å². The van der Waals surface area contributed by atoms with Gasteiger partial charge in [-0.05, 0) is 48.5 Å². The molecule has 0 amide bonds. The highest BCUT2D eigenvalue weighted by atomic mass is 127. The first-order chi connectivity index (χ1) is 9.80. The minimum atomic E-state index is -4.58. The third-order valence-electron chi connectivity index (χ3n) is 1.96. The second-order valence-electron chi connectivity index (χ2n) is 3.63. The SMILES string of the molecule is Fc1ccc([I+]c2ccc(F)cc2)cc1.O=S(=O)([O-])CF. The van der Waals surface area contributed by atoms with Crippen LogP contribution < -0.4 is 21.2 Å². The summed E-state index contributed by atoms with van der Waals surface area (Å²) in [6.07, 6.45) is 0. The Bertz CT molecular complexity index is 615. The fraction of sp³-hybridized carbons (Fsp3) is 0.0769. The maximum Gasteiger partial charge on any atom is 0.357 e. The molecule has 0 aliphatic rings. The Labute approximate surface area is 130 Å². The average molecular weight is 430 g/mol. The molecule has 2 aromatic carbocycles. The van der Waals surface area contributed by atoms with Gasteiger partial charge in [-0.2, -0.15) is 0 Å². The molecule has 0 unspecified atom stereocenters. The highest BCUT2D eigenvalue weighted by Gasteiger charge is 2.14. The molecule has 0 heterocycles. The van der Waals surface area contributed by atoms with Gasteiger partial charge in [-0.15, -0.1) is 0 Å². The molecular weight excluding hydrogens is 420 g/mol. The molecule has 8 heteroatoms. The molecular formula is C13H10F3IO3S. The molecule has 0 aliphatic heterocycles. The Morgan fingerprint density at radius 1 is 0.857 bits per heavy atom. The highest BCUT2D eigenvalue weighted by molar-refractivity contribution is 7.85. The Balaban J connectivity index is 0.000000315. The lowest BCUT2D eigenvalue weighted by Crippen LogP contribution is -3.61. The number of hydrogen-bond acceptors (Lipinski definition) is 3. The van der Waals surface area contributed by atoms with Crippen molar-refractivity contribution in [1.82, 2.24) is 0 Å². The summed E-state index contributed by atoms with van der Waals surface area (Å²) in [5.74, 6) is -0.441. The Morgan fingerprint density at radius 2 is 1.14 bits per heavy atom. The molecule has 0 bridgehead atoms. The summed E-state index contributed by atoms with van der Waals surface area (Å²) in [7, 11) is -4.58. The van der Waals surface area contributed by atoms with Crippen LogP contribution in [0.25, 0.3) is 0 Å². The lowest BCUT2D eigenvalue weighted by atomic mass is 10.4. The maximum atomic E-state index is 12.6. The summed E-state index contributed by atoms with van der Waals surface area (Å²) in [6.45, 7) is 0. The third kappa shape index (κ3) is 8.02. The van der Waals surface area contributed by atoms with Crippen LogP contribution >= 0.6 is 0 Å². The van der Waals surface area contributed by atoms with E-state index in [0.717, 1.165) is 7.14 Å². The number of hydrogen-bond donors (Lipinski definition) is 0. The zero-order valence-electron chi connectivity index (χ0n) is 10.5. The Kier molecular flexibility index (Phi) is 7.12. The van der Waals surface area contributed by atoms with Gasteiger partial charge in [0.05, 0.1) is 0 Å². The first kappa shape index (κ1) is 17.9. The predicted octanol–water partition coefficient (Wildman–Crippen LogP) is -0.448. The van der Waals surface area contributed by atoms with Gasteiger partial charge in [0.2, 0.25) is 0 Å².